The first-order valence-corrected chi connectivity index (χ1v) is 4.59. The van der Waals surface area contributed by atoms with Crippen LogP contribution >= 0.6 is 0 Å². The molecule has 1 aliphatic rings. The van der Waals surface area contributed by atoms with E-state index in [-0.39, 0.29) is 16.6 Å². The maximum atomic E-state index is 11.4. The molecule has 0 bridgehead atoms. The molecule has 1 rings (SSSR count). The third-order valence-electron chi connectivity index (χ3n) is 3.10. The smallest absolute Gasteiger partial charge is 0.281 e. The fourth-order valence-electron chi connectivity index (χ4n) is 0.919. The Morgan fingerprint density at radius 2 is 1.62 bits per heavy atom. The minimum Gasteiger partial charge on any atom is -0.294 e. The second kappa shape index (κ2) is 3.07. The number of carbonyl (C=O) groups excluding carboxylic acids is 1. The molecule has 0 radical (unpaired) electrons. The zero-order chi connectivity index (χ0) is 10.3. The number of hydrogen-bond donors (Lipinski definition) is 0. The highest BCUT2D eigenvalue weighted by Crippen LogP contribution is 2.41. The van der Waals surface area contributed by atoms with E-state index in [1.807, 2.05) is 0 Å². The molecule has 0 amide bonds. The normalized spacial score (nSPS) is 18.8. The van der Waals surface area contributed by atoms with Gasteiger partial charge in [-0.1, -0.05) is 34.6 Å². The molecule has 0 aliphatic carbocycles. The van der Waals surface area contributed by atoms with Gasteiger partial charge >= 0.3 is 0 Å². The predicted octanol–water partition coefficient (Wildman–Crippen LogP) is 2.31. The lowest BCUT2D eigenvalue weighted by Gasteiger charge is -2.38. The lowest BCUT2D eigenvalue weighted by atomic mass is 9.67. The second-order valence-corrected chi connectivity index (χ2v) is 5.30. The van der Waals surface area contributed by atoms with Gasteiger partial charge in [0.15, 0.2) is 5.78 Å². The van der Waals surface area contributed by atoms with Crippen LogP contribution in [-0.2, 0) is 14.6 Å². The van der Waals surface area contributed by atoms with Gasteiger partial charge in [-0.25, -0.2) is 0 Å². The molecule has 0 atom stereocenters. The Kier molecular flexibility index (Phi) is 2.52. The molecule has 1 heterocycles. The van der Waals surface area contributed by atoms with E-state index in [2.05, 4.69) is 44.4 Å². The quantitative estimate of drug-likeness (QED) is 0.501. The summed E-state index contributed by atoms with van der Waals surface area (Å²) < 4.78 is 0. The van der Waals surface area contributed by atoms with Crippen LogP contribution in [0.4, 0.5) is 0 Å². The zero-order valence-corrected chi connectivity index (χ0v) is 9.01. The summed E-state index contributed by atoms with van der Waals surface area (Å²) in [6.45, 7) is 10.6. The number of rotatable bonds is 3. The van der Waals surface area contributed by atoms with Gasteiger partial charge in [-0.3, -0.25) is 4.79 Å². The van der Waals surface area contributed by atoms with Crippen LogP contribution in [-0.4, -0.2) is 12.1 Å². The topological polar surface area (TPSA) is 42.1 Å². The van der Waals surface area contributed by atoms with Crippen LogP contribution < -0.4 is 0 Å². The third-order valence-corrected chi connectivity index (χ3v) is 3.10. The molecule has 13 heavy (non-hydrogen) atoms. The van der Waals surface area contributed by atoms with E-state index in [1.165, 1.54) is 0 Å². The summed E-state index contributed by atoms with van der Waals surface area (Å²) in [5.74, 6) is 0.0416. The number of ketones is 1. The number of hydrogen-bond acceptors (Lipinski definition) is 3. The monoisotopic (exact) mass is 186 g/mol. The molecule has 0 aromatic heterocycles. The van der Waals surface area contributed by atoms with Crippen molar-refractivity contribution in [1.29, 1.82) is 0 Å². The van der Waals surface area contributed by atoms with Crippen LogP contribution in [0, 0.1) is 10.8 Å². The maximum Gasteiger partial charge on any atom is 0.281 e. The Hall–Kier alpha value is -0.410. The van der Waals surface area contributed by atoms with Crippen molar-refractivity contribution in [2.45, 2.75) is 47.3 Å². The first kappa shape index (κ1) is 10.7. The Morgan fingerprint density at radius 3 is 1.92 bits per heavy atom. The lowest BCUT2D eigenvalue weighted by molar-refractivity contribution is -0.124. The number of Topliss-reactive ketones (excluding diaryl/α,β-unsaturated/α-hetero) is 1. The average Bonchev–Trinajstić information content (AvgIpc) is 2.62. The van der Waals surface area contributed by atoms with Crippen molar-refractivity contribution < 1.29 is 14.6 Å². The molecule has 76 valence electrons. The molecule has 0 spiro atoms. The molecule has 0 N–H and O–H groups in total. The Labute approximate surface area is 79.3 Å². The van der Waals surface area contributed by atoms with E-state index in [1.54, 1.807) is 0 Å². The van der Waals surface area contributed by atoms with E-state index in [4.69, 9.17) is 0 Å². The summed E-state index contributed by atoms with van der Waals surface area (Å²) >= 11 is 0. The molecular weight excluding hydrogens is 168 g/mol. The molecule has 0 aromatic rings. The standard InChI is InChI=1S/C10H18O3/c1-9(2,3)10(4,5)6-7(11)8-12-13-8/h8H,6H2,1-5H3. The first-order valence-electron chi connectivity index (χ1n) is 4.59. The van der Waals surface area contributed by atoms with Gasteiger partial charge in [-0.05, 0) is 10.8 Å². The molecule has 0 aromatic carbocycles. The average molecular weight is 186 g/mol. The van der Waals surface area contributed by atoms with Gasteiger partial charge < -0.3 is 0 Å². The molecule has 1 fully saturated rings. The Balaban J connectivity index is 2.55. The van der Waals surface area contributed by atoms with Crippen LogP contribution in [0.3, 0.4) is 0 Å². The Morgan fingerprint density at radius 1 is 1.15 bits per heavy atom. The third kappa shape index (κ3) is 2.51. The van der Waals surface area contributed by atoms with Crippen LogP contribution in [0.15, 0.2) is 0 Å². The van der Waals surface area contributed by atoms with E-state index < -0.39 is 6.29 Å². The van der Waals surface area contributed by atoms with Gasteiger partial charge in [0.25, 0.3) is 6.29 Å². The van der Waals surface area contributed by atoms with Gasteiger partial charge in [-0.15, -0.1) is 0 Å². The largest absolute Gasteiger partial charge is 0.294 e. The van der Waals surface area contributed by atoms with Crippen molar-refractivity contribution in [2.24, 2.45) is 10.8 Å². The van der Waals surface area contributed by atoms with E-state index in [0.29, 0.717) is 6.42 Å². The minimum atomic E-state index is -0.582. The molecule has 3 heteroatoms. The molecular formula is C10H18O3. The fraction of sp³-hybridized carbons (Fsp3) is 0.900. The highest BCUT2D eigenvalue weighted by Gasteiger charge is 2.41. The van der Waals surface area contributed by atoms with Gasteiger partial charge in [-0.2, -0.15) is 9.78 Å². The van der Waals surface area contributed by atoms with Gasteiger partial charge in [0.2, 0.25) is 0 Å². The maximum absolute atomic E-state index is 11.4. The highest BCUT2D eigenvalue weighted by atomic mass is 17.4. The lowest BCUT2D eigenvalue weighted by Crippen LogP contribution is -2.33. The van der Waals surface area contributed by atoms with Crippen LogP contribution in [0.2, 0.25) is 0 Å². The summed E-state index contributed by atoms with van der Waals surface area (Å²) in [6, 6.07) is 0. The number of carbonyl (C=O) groups is 1. The minimum absolute atomic E-state index is 0.0284. The van der Waals surface area contributed by atoms with Crippen molar-refractivity contribution in [3.8, 4) is 0 Å². The SMILES string of the molecule is CC(C)(C)C(C)(C)CC(=O)C1OO1. The summed E-state index contributed by atoms with van der Waals surface area (Å²) in [5.41, 5.74) is 0.0803. The van der Waals surface area contributed by atoms with Crippen molar-refractivity contribution in [3.63, 3.8) is 0 Å². The van der Waals surface area contributed by atoms with Gasteiger partial charge in [0.05, 0.1) is 0 Å². The molecule has 0 unspecified atom stereocenters. The van der Waals surface area contributed by atoms with E-state index >= 15 is 0 Å². The van der Waals surface area contributed by atoms with Gasteiger partial charge in [0.1, 0.15) is 0 Å². The van der Waals surface area contributed by atoms with Crippen LogP contribution in [0.5, 0.6) is 0 Å². The predicted molar refractivity (Wildman–Crippen MR) is 48.8 cm³/mol. The molecule has 3 nitrogen and oxygen atoms in total. The van der Waals surface area contributed by atoms with Crippen molar-refractivity contribution in [2.75, 3.05) is 0 Å². The van der Waals surface area contributed by atoms with E-state index in [0.717, 1.165) is 0 Å². The fourth-order valence-corrected chi connectivity index (χ4v) is 0.919. The molecule has 0 saturated carbocycles. The van der Waals surface area contributed by atoms with Gasteiger partial charge in [0, 0.05) is 6.42 Å². The zero-order valence-electron chi connectivity index (χ0n) is 9.01. The first-order chi connectivity index (χ1) is 5.74. The van der Waals surface area contributed by atoms with Crippen molar-refractivity contribution >= 4 is 5.78 Å². The van der Waals surface area contributed by atoms with Crippen molar-refractivity contribution in [1.82, 2.24) is 0 Å². The summed E-state index contributed by atoms with van der Waals surface area (Å²) in [7, 11) is 0. The summed E-state index contributed by atoms with van der Waals surface area (Å²) in [5, 5.41) is 0. The Bertz CT molecular complexity index is 209. The van der Waals surface area contributed by atoms with Crippen LogP contribution in [0.1, 0.15) is 41.0 Å². The summed E-state index contributed by atoms with van der Waals surface area (Å²) in [6.07, 6.45) is -0.0807. The molecule has 1 saturated heterocycles. The second-order valence-electron chi connectivity index (χ2n) is 5.30. The highest BCUT2D eigenvalue weighted by molar-refractivity contribution is 5.83. The molecule has 1 aliphatic heterocycles. The van der Waals surface area contributed by atoms with E-state index in [9.17, 15) is 4.79 Å². The van der Waals surface area contributed by atoms with Crippen LogP contribution in [0.25, 0.3) is 0 Å². The van der Waals surface area contributed by atoms with Crippen molar-refractivity contribution in [3.05, 3.63) is 0 Å². The summed E-state index contributed by atoms with van der Waals surface area (Å²) in [4.78, 5) is 20.4.